The summed E-state index contributed by atoms with van der Waals surface area (Å²) in [4.78, 5) is 4.23. The molecule has 0 saturated heterocycles. The van der Waals surface area contributed by atoms with Crippen molar-refractivity contribution in [2.24, 2.45) is 0 Å². The van der Waals surface area contributed by atoms with Crippen LogP contribution in [0.3, 0.4) is 0 Å². The normalized spacial score (nSPS) is 12.3. The first-order chi connectivity index (χ1) is 9.29. The van der Waals surface area contributed by atoms with E-state index in [0.717, 1.165) is 17.7 Å². The van der Waals surface area contributed by atoms with Gasteiger partial charge in [-0.05, 0) is 29.7 Å². The Morgan fingerprint density at radius 3 is 2.58 bits per heavy atom. The first-order valence-electron chi connectivity index (χ1n) is 6.67. The Morgan fingerprint density at radius 1 is 1.16 bits per heavy atom. The lowest BCUT2D eigenvalue weighted by atomic mass is 10.1. The fourth-order valence-corrected chi connectivity index (χ4v) is 1.93. The topological polar surface area (TPSA) is 45.1 Å². The van der Waals surface area contributed by atoms with Crippen molar-refractivity contribution in [3.05, 3.63) is 65.5 Å². The minimum atomic E-state index is -0.477. The lowest BCUT2D eigenvalue weighted by Crippen LogP contribution is -2.21. The Bertz CT molecular complexity index is 482. The van der Waals surface area contributed by atoms with Crippen LogP contribution in [0.25, 0.3) is 0 Å². The van der Waals surface area contributed by atoms with Crippen molar-refractivity contribution in [3.8, 4) is 0 Å². The summed E-state index contributed by atoms with van der Waals surface area (Å²) in [5, 5.41) is 13.3. The minimum absolute atomic E-state index is 0.477. The second-order valence-corrected chi connectivity index (χ2v) is 4.56. The first kappa shape index (κ1) is 13.7. The van der Waals surface area contributed by atoms with Crippen molar-refractivity contribution in [1.82, 2.24) is 10.3 Å². The molecule has 3 nitrogen and oxygen atoms in total. The molecule has 1 unspecified atom stereocenters. The van der Waals surface area contributed by atoms with Crippen LogP contribution in [0.4, 0.5) is 0 Å². The molecule has 2 aromatic rings. The van der Waals surface area contributed by atoms with Crippen LogP contribution in [0, 0.1) is 0 Å². The summed E-state index contributed by atoms with van der Waals surface area (Å²) < 4.78 is 0. The van der Waals surface area contributed by atoms with E-state index in [-0.39, 0.29) is 0 Å². The summed E-state index contributed by atoms with van der Waals surface area (Å²) in [6.45, 7) is 3.33. The van der Waals surface area contributed by atoms with Gasteiger partial charge in [0.2, 0.25) is 0 Å². The maximum absolute atomic E-state index is 10.1. The lowest BCUT2D eigenvalue weighted by molar-refractivity contribution is 0.174. The maximum atomic E-state index is 10.1. The van der Waals surface area contributed by atoms with E-state index in [1.54, 1.807) is 6.20 Å². The second-order valence-electron chi connectivity index (χ2n) is 4.56. The van der Waals surface area contributed by atoms with E-state index >= 15 is 0 Å². The molecule has 1 heterocycles. The summed E-state index contributed by atoms with van der Waals surface area (Å²) in [5.74, 6) is 0. The van der Waals surface area contributed by atoms with Gasteiger partial charge in [-0.1, -0.05) is 37.3 Å². The fraction of sp³-hybridized carbons (Fsp3) is 0.312. The molecule has 0 fully saturated rings. The number of hydrogen-bond acceptors (Lipinski definition) is 3. The zero-order chi connectivity index (χ0) is 13.5. The highest BCUT2D eigenvalue weighted by atomic mass is 16.3. The van der Waals surface area contributed by atoms with E-state index < -0.39 is 6.10 Å². The summed E-state index contributed by atoms with van der Waals surface area (Å²) >= 11 is 0. The zero-order valence-electron chi connectivity index (χ0n) is 11.2. The molecule has 100 valence electrons. The molecule has 1 atom stereocenters. The Kier molecular flexibility index (Phi) is 5.07. The van der Waals surface area contributed by atoms with Crippen LogP contribution in [0.15, 0.2) is 48.7 Å². The highest BCUT2D eigenvalue weighted by Crippen LogP contribution is 2.13. The van der Waals surface area contributed by atoms with Crippen molar-refractivity contribution >= 4 is 0 Å². The highest BCUT2D eigenvalue weighted by molar-refractivity contribution is 5.24. The number of benzene rings is 1. The standard InChI is InChI=1S/C16H20N2O/c1-2-13-6-8-14(9-7-13)16(19)12-17-11-15-5-3-4-10-18-15/h3-10,16-17,19H,2,11-12H2,1H3. The minimum Gasteiger partial charge on any atom is -0.387 e. The zero-order valence-corrected chi connectivity index (χ0v) is 11.2. The third kappa shape index (κ3) is 4.16. The summed E-state index contributed by atoms with van der Waals surface area (Å²) in [6, 6.07) is 13.9. The van der Waals surface area contributed by atoms with E-state index in [0.29, 0.717) is 13.1 Å². The van der Waals surface area contributed by atoms with Gasteiger partial charge in [0.25, 0.3) is 0 Å². The predicted molar refractivity (Wildman–Crippen MR) is 76.7 cm³/mol. The molecule has 2 rings (SSSR count). The van der Waals surface area contributed by atoms with Gasteiger partial charge in [-0.2, -0.15) is 0 Å². The van der Waals surface area contributed by atoms with Crippen LogP contribution >= 0.6 is 0 Å². The Labute approximate surface area is 114 Å². The van der Waals surface area contributed by atoms with Crippen molar-refractivity contribution in [3.63, 3.8) is 0 Å². The number of aliphatic hydroxyl groups excluding tert-OH is 1. The number of pyridine rings is 1. The molecule has 0 aliphatic rings. The van der Waals surface area contributed by atoms with Crippen LogP contribution in [-0.4, -0.2) is 16.6 Å². The van der Waals surface area contributed by atoms with Crippen LogP contribution in [0.1, 0.15) is 29.8 Å². The Morgan fingerprint density at radius 2 is 1.95 bits per heavy atom. The maximum Gasteiger partial charge on any atom is 0.0914 e. The van der Waals surface area contributed by atoms with E-state index in [1.807, 2.05) is 30.3 Å². The molecule has 3 heteroatoms. The molecule has 0 amide bonds. The second kappa shape index (κ2) is 7.02. The molecule has 2 N–H and O–H groups in total. The smallest absolute Gasteiger partial charge is 0.0914 e. The molecule has 0 aliphatic carbocycles. The molecule has 1 aromatic carbocycles. The highest BCUT2D eigenvalue weighted by Gasteiger charge is 2.06. The largest absolute Gasteiger partial charge is 0.387 e. The van der Waals surface area contributed by atoms with E-state index in [4.69, 9.17) is 0 Å². The van der Waals surface area contributed by atoms with Crippen molar-refractivity contribution in [1.29, 1.82) is 0 Å². The third-order valence-electron chi connectivity index (χ3n) is 3.14. The molecule has 0 spiro atoms. The van der Waals surface area contributed by atoms with Crippen LogP contribution in [0.5, 0.6) is 0 Å². The molecule has 0 radical (unpaired) electrons. The number of nitrogens with zero attached hydrogens (tertiary/aromatic N) is 1. The van der Waals surface area contributed by atoms with Crippen LogP contribution < -0.4 is 5.32 Å². The van der Waals surface area contributed by atoms with Gasteiger partial charge in [0.15, 0.2) is 0 Å². The van der Waals surface area contributed by atoms with Crippen LogP contribution in [0.2, 0.25) is 0 Å². The summed E-state index contributed by atoms with van der Waals surface area (Å²) in [5.41, 5.74) is 3.22. The number of nitrogens with one attached hydrogen (secondary N) is 1. The van der Waals surface area contributed by atoms with Gasteiger partial charge in [-0.3, -0.25) is 4.98 Å². The van der Waals surface area contributed by atoms with Gasteiger partial charge in [-0.15, -0.1) is 0 Å². The van der Waals surface area contributed by atoms with E-state index in [2.05, 4.69) is 29.4 Å². The average molecular weight is 256 g/mol. The number of hydrogen-bond donors (Lipinski definition) is 2. The number of rotatable bonds is 6. The van der Waals surface area contributed by atoms with Gasteiger partial charge in [0.1, 0.15) is 0 Å². The fourth-order valence-electron chi connectivity index (χ4n) is 1.93. The molecular formula is C16H20N2O. The van der Waals surface area contributed by atoms with Crippen molar-refractivity contribution in [2.75, 3.05) is 6.54 Å². The van der Waals surface area contributed by atoms with Crippen LogP contribution in [-0.2, 0) is 13.0 Å². The number of aliphatic hydroxyl groups is 1. The first-order valence-corrected chi connectivity index (χ1v) is 6.67. The monoisotopic (exact) mass is 256 g/mol. The van der Waals surface area contributed by atoms with E-state index in [1.165, 1.54) is 5.56 Å². The van der Waals surface area contributed by atoms with Gasteiger partial charge in [0.05, 0.1) is 11.8 Å². The SMILES string of the molecule is CCc1ccc(C(O)CNCc2ccccn2)cc1. The van der Waals surface area contributed by atoms with Crippen molar-refractivity contribution < 1.29 is 5.11 Å². The van der Waals surface area contributed by atoms with Gasteiger partial charge >= 0.3 is 0 Å². The summed E-state index contributed by atoms with van der Waals surface area (Å²) in [6.07, 6.45) is 2.32. The van der Waals surface area contributed by atoms with Gasteiger partial charge in [0, 0.05) is 19.3 Å². The van der Waals surface area contributed by atoms with Gasteiger partial charge in [-0.25, -0.2) is 0 Å². The molecule has 1 aromatic heterocycles. The number of aryl methyl sites for hydroxylation is 1. The molecule has 19 heavy (non-hydrogen) atoms. The van der Waals surface area contributed by atoms with E-state index in [9.17, 15) is 5.11 Å². The molecule has 0 saturated carbocycles. The van der Waals surface area contributed by atoms with Crippen molar-refractivity contribution in [2.45, 2.75) is 26.0 Å². The predicted octanol–water partition coefficient (Wildman–Crippen LogP) is 2.47. The third-order valence-corrected chi connectivity index (χ3v) is 3.14. The Balaban J connectivity index is 1.82. The van der Waals surface area contributed by atoms with Gasteiger partial charge < -0.3 is 10.4 Å². The molecular weight excluding hydrogens is 236 g/mol. The number of aromatic nitrogens is 1. The lowest BCUT2D eigenvalue weighted by Gasteiger charge is -2.12. The molecule has 0 aliphatic heterocycles. The summed E-state index contributed by atoms with van der Waals surface area (Å²) in [7, 11) is 0. The molecule has 0 bridgehead atoms. The quantitative estimate of drug-likeness (QED) is 0.834. The Hall–Kier alpha value is -1.71. The average Bonchev–Trinajstić information content (AvgIpc) is 2.48.